The molecule has 0 radical (unpaired) electrons. The summed E-state index contributed by atoms with van der Waals surface area (Å²) in [5.41, 5.74) is -7.37. The molecule has 0 aliphatic carbocycles. The number of rotatable bonds is 5. The second kappa shape index (κ2) is 10.00. The van der Waals surface area contributed by atoms with Crippen LogP contribution in [0.15, 0.2) is 47.4 Å². The van der Waals surface area contributed by atoms with Crippen LogP contribution in [0, 0.1) is 5.82 Å². The quantitative estimate of drug-likeness (QED) is 0.397. The van der Waals surface area contributed by atoms with Crippen molar-refractivity contribution in [3.63, 3.8) is 0 Å². The maximum atomic E-state index is 13.8. The van der Waals surface area contributed by atoms with E-state index in [0.717, 1.165) is 24.3 Å². The van der Waals surface area contributed by atoms with Crippen molar-refractivity contribution in [2.24, 2.45) is 0 Å². The van der Waals surface area contributed by atoms with Crippen LogP contribution in [0.4, 0.5) is 41.2 Å². The topological polar surface area (TPSA) is 113 Å². The third kappa shape index (κ3) is 4.91. The number of amides is 1. The summed E-state index contributed by atoms with van der Waals surface area (Å²) in [6.07, 6.45) is -15.5. The minimum Gasteiger partial charge on any atom is -0.425 e. The van der Waals surface area contributed by atoms with E-state index < -0.39 is 81.0 Å². The number of aryl methyl sites for hydroxylation is 1. The van der Waals surface area contributed by atoms with Crippen molar-refractivity contribution >= 4 is 27.8 Å². The molecule has 3 heterocycles. The molecule has 17 heteroatoms. The number of aliphatic hydroxyl groups is 1. The van der Waals surface area contributed by atoms with Crippen LogP contribution in [-0.4, -0.2) is 74.2 Å². The first-order valence-corrected chi connectivity index (χ1v) is 13.8. The second-order valence-corrected chi connectivity index (χ2v) is 11.9. The summed E-state index contributed by atoms with van der Waals surface area (Å²) in [4.78, 5) is 25.3. The van der Waals surface area contributed by atoms with Gasteiger partial charge in [0.05, 0.1) is 29.7 Å². The van der Waals surface area contributed by atoms with Crippen molar-refractivity contribution < 1.29 is 63.3 Å². The van der Waals surface area contributed by atoms with Crippen molar-refractivity contribution in [2.75, 3.05) is 17.4 Å². The van der Waals surface area contributed by atoms with Gasteiger partial charge in [0.15, 0.2) is 12.2 Å². The number of benzene rings is 2. The number of carbonyl (C=O) groups is 2. The van der Waals surface area contributed by atoms with Gasteiger partial charge >= 0.3 is 18.5 Å². The smallest absolute Gasteiger partial charge is 0.425 e. The molecule has 1 N–H and O–H groups in total. The average molecular weight is 627 g/mol. The number of alkyl halides is 6. The molecule has 0 spiro atoms. The van der Waals surface area contributed by atoms with E-state index in [0.29, 0.717) is 22.5 Å². The number of nitrogens with zero attached hydrogens (tertiary/aromatic N) is 2. The predicted octanol–water partition coefficient (Wildman–Crippen LogP) is 3.78. The molecule has 2 saturated heterocycles. The highest BCUT2D eigenvalue weighted by molar-refractivity contribution is 7.92. The van der Waals surface area contributed by atoms with Gasteiger partial charge in [0.25, 0.3) is 15.6 Å². The number of carbonyl (C=O) groups excluding carboxylic acids is 2. The third-order valence-electron chi connectivity index (χ3n) is 7.48. The van der Waals surface area contributed by atoms with Gasteiger partial charge in [-0.05, 0) is 48.7 Å². The number of hydrogen-bond acceptors (Lipinski definition) is 7. The first-order chi connectivity index (χ1) is 19.4. The SMILES string of the molecule is O=C1OC2CN(C(=O)CC3CCc4cc(C(O)(C(F)(F)F)C(F)(F)F)ccc4N3S(=O)(=O)c3ccc(F)cc3)CC2O1. The molecule has 3 unspecified atom stereocenters. The van der Waals surface area contributed by atoms with Gasteiger partial charge in [-0.1, -0.05) is 12.1 Å². The summed E-state index contributed by atoms with van der Waals surface area (Å²) in [5.74, 6) is -1.35. The average Bonchev–Trinajstić information content (AvgIpc) is 3.44. The van der Waals surface area contributed by atoms with E-state index >= 15 is 0 Å². The summed E-state index contributed by atoms with van der Waals surface area (Å²) in [7, 11) is -4.64. The van der Waals surface area contributed by atoms with Gasteiger partial charge in [-0.15, -0.1) is 0 Å². The van der Waals surface area contributed by atoms with E-state index in [2.05, 4.69) is 0 Å². The highest BCUT2D eigenvalue weighted by Crippen LogP contribution is 2.51. The molecule has 2 aromatic carbocycles. The lowest BCUT2D eigenvalue weighted by Crippen LogP contribution is -2.54. The maximum Gasteiger partial charge on any atom is 0.509 e. The van der Waals surface area contributed by atoms with Gasteiger partial charge in [-0.25, -0.2) is 17.6 Å². The molecule has 9 nitrogen and oxygen atoms in total. The zero-order valence-corrected chi connectivity index (χ0v) is 22.0. The minimum atomic E-state index is -6.16. The zero-order valence-electron chi connectivity index (χ0n) is 21.2. The molecule has 3 aliphatic rings. The summed E-state index contributed by atoms with van der Waals surface area (Å²) >= 11 is 0. The largest absolute Gasteiger partial charge is 0.509 e. The summed E-state index contributed by atoms with van der Waals surface area (Å²) in [5, 5.41) is 9.85. The van der Waals surface area contributed by atoms with Crippen molar-refractivity contribution in [1.82, 2.24) is 4.90 Å². The first-order valence-electron chi connectivity index (χ1n) is 12.4. The van der Waals surface area contributed by atoms with E-state index in [1.54, 1.807) is 0 Å². The molecular formula is C25H21F7N2O7S. The van der Waals surface area contributed by atoms with E-state index in [1.165, 1.54) is 4.90 Å². The molecular weight excluding hydrogens is 605 g/mol. The van der Waals surface area contributed by atoms with Crippen LogP contribution in [0.1, 0.15) is 24.0 Å². The van der Waals surface area contributed by atoms with Crippen LogP contribution in [-0.2, 0) is 36.3 Å². The fraction of sp³-hybridized carbons (Fsp3) is 0.440. The Morgan fingerprint density at radius 3 is 2.07 bits per heavy atom. The molecule has 3 atom stereocenters. The molecule has 3 aliphatic heterocycles. The van der Waals surface area contributed by atoms with Crippen LogP contribution in [0.5, 0.6) is 0 Å². The fourth-order valence-corrected chi connectivity index (χ4v) is 7.08. The lowest BCUT2D eigenvalue weighted by atomic mass is 9.87. The van der Waals surface area contributed by atoms with Gasteiger partial charge in [0.2, 0.25) is 5.91 Å². The standard InChI is InChI=1S/C25H21F7N2O7S/c26-15-3-6-17(7-4-15)42(38,39)34-16(10-21(35)33-11-19-20(12-33)41-22(36)40-19)5-1-13-9-14(2-8-18(13)34)23(37,24(27,28)29)25(30,31)32/h2-4,6-9,16,19-20,37H,1,5,10-12H2. The van der Waals surface area contributed by atoms with Crippen molar-refractivity contribution in [3.8, 4) is 0 Å². The Kier molecular flexibility index (Phi) is 7.11. The van der Waals surface area contributed by atoms with E-state index in [-0.39, 0.29) is 37.2 Å². The number of anilines is 1. The number of likely N-dealkylation sites (tertiary alicyclic amines) is 1. The summed E-state index contributed by atoms with van der Waals surface area (Å²) in [6, 6.07) is 3.85. The van der Waals surface area contributed by atoms with Gasteiger partial charge < -0.3 is 19.5 Å². The first kappa shape index (κ1) is 29.9. The van der Waals surface area contributed by atoms with Crippen LogP contribution in [0.2, 0.25) is 0 Å². The summed E-state index contributed by atoms with van der Waals surface area (Å²) in [6.45, 7) is -0.0554. The highest BCUT2D eigenvalue weighted by atomic mass is 32.2. The zero-order chi connectivity index (χ0) is 30.8. The number of halogens is 7. The lowest BCUT2D eigenvalue weighted by Gasteiger charge is -2.39. The minimum absolute atomic E-state index is 0.0277. The molecule has 0 bridgehead atoms. The van der Waals surface area contributed by atoms with Crippen molar-refractivity contribution in [2.45, 2.75) is 60.4 Å². The Bertz CT molecular complexity index is 1480. The van der Waals surface area contributed by atoms with E-state index in [1.807, 2.05) is 0 Å². The molecule has 228 valence electrons. The van der Waals surface area contributed by atoms with Gasteiger partial charge in [0, 0.05) is 12.0 Å². The Morgan fingerprint density at radius 2 is 1.52 bits per heavy atom. The molecule has 0 saturated carbocycles. The number of sulfonamides is 1. The number of hydrogen-bond donors (Lipinski definition) is 1. The Labute approximate surface area is 233 Å². The fourth-order valence-electron chi connectivity index (χ4n) is 5.36. The van der Waals surface area contributed by atoms with E-state index in [4.69, 9.17) is 9.47 Å². The van der Waals surface area contributed by atoms with E-state index in [9.17, 15) is 53.8 Å². The number of ether oxygens (including phenoxy) is 2. The second-order valence-electron chi connectivity index (χ2n) is 10.1. The third-order valence-corrected chi connectivity index (χ3v) is 9.36. The Morgan fingerprint density at radius 1 is 0.952 bits per heavy atom. The Balaban J connectivity index is 1.53. The maximum absolute atomic E-state index is 13.8. The monoisotopic (exact) mass is 626 g/mol. The van der Waals surface area contributed by atoms with Crippen LogP contribution < -0.4 is 4.31 Å². The van der Waals surface area contributed by atoms with Gasteiger partial charge in [0.1, 0.15) is 5.82 Å². The molecule has 42 heavy (non-hydrogen) atoms. The molecule has 1 amide bonds. The normalized spacial score (nSPS) is 22.9. The van der Waals surface area contributed by atoms with Crippen LogP contribution in [0.3, 0.4) is 0 Å². The molecule has 2 fully saturated rings. The molecule has 2 aromatic rings. The van der Waals surface area contributed by atoms with Crippen LogP contribution in [0.25, 0.3) is 0 Å². The lowest BCUT2D eigenvalue weighted by molar-refractivity contribution is -0.376. The molecule has 0 aromatic heterocycles. The highest BCUT2D eigenvalue weighted by Gasteiger charge is 2.71. The van der Waals surface area contributed by atoms with Gasteiger partial charge in [-0.2, -0.15) is 26.3 Å². The van der Waals surface area contributed by atoms with Crippen molar-refractivity contribution in [1.29, 1.82) is 0 Å². The predicted molar refractivity (Wildman–Crippen MR) is 127 cm³/mol. The van der Waals surface area contributed by atoms with Gasteiger partial charge in [-0.3, -0.25) is 9.10 Å². The molecule has 5 rings (SSSR count). The van der Waals surface area contributed by atoms with Crippen LogP contribution >= 0.6 is 0 Å². The van der Waals surface area contributed by atoms with Crippen molar-refractivity contribution in [3.05, 3.63) is 59.4 Å². The number of fused-ring (bicyclic) bond motifs is 2. The summed E-state index contributed by atoms with van der Waals surface area (Å²) < 4.78 is 133. The Hall–Kier alpha value is -3.60.